The van der Waals surface area contributed by atoms with Crippen LogP contribution in [0.25, 0.3) is 0 Å². The number of nitrogens with one attached hydrogen (secondary N) is 1. The van der Waals surface area contributed by atoms with Crippen LogP contribution in [0.4, 0.5) is 27.1 Å². The second-order valence-corrected chi connectivity index (χ2v) is 5.87. The van der Waals surface area contributed by atoms with E-state index in [4.69, 9.17) is 0 Å². The van der Waals surface area contributed by atoms with E-state index in [1.165, 1.54) is 6.92 Å². The number of aromatic nitrogens is 2. The molecule has 0 aliphatic rings. The van der Waals surface area contributed by atoms with Gasteiger partial charge in [0.05, 0.1) is 12.1 Å². The van der Waals surface area contributed by atoms with Crippen LogP contribution in [0.1, 0.15) is 17.5 Å². The summed E-state index contributed by atoms with van der Waals surface area (Å²) in [6, 6.07) is 2.16. The summed E-state index contributed by atoms with van der Waals surface area (Å²) in [6.07, 6.45) is -5.75. The number of rotatable bonds is 5. The van der Waals surface area contributed by atoms with E-state index in [0.717, 1.165) is 12.1 Å². The number of hydrogen-bond acceptors (Lipinski definition) is 5. The molecule has 0 radical (unpaired) electrons. The SMILES string of the molecule is CC(Nc1nnc(C(F)(F)F)s1)C(O)Cc1cc(F)cc(F)c1. The van der Waals surface area contributed by atoms with Crippen molar-refractivity contribution in [3.8, 4) is 0 Å². The molecule has 1 aromatic carbocycles. The second kappa shape index (κ2) is 6.75. The van der Waals surface area contributed by atoms with E-state index in [9.17, 15) is 27.1 Å². The van der Waals surface area contributed by atoms with Gasteiger partial charge < -0.3 is 10.4 Å². The van der Waals surface area contributed by atoms with Gasteiger partial charge in [-0.05, 0) is 24.6 Å². The lowest BCUT2D eigenvalue weighted by atomic mass is 10.0. The third kappa shape index (κ3) is 4.83. The summed E-state index contributed by atoms with van der Waals surface area (Å²) < 4.78 is 63.4. The predicted octanol–water partition coefficient (Wildman–Crippen LogP) is 3.24. The van der Waals surface area contributed by atoms with Crippen molar-refractivity contribution >= 4 is 16.5 Å². The molecule has 1 heterocycles. The molecule has 0 amide bonds. The topological polar surface area (TPSA) is 58.0 Å². The second-order valence-electron chi connectivity index (χ2n) is 4.89. The molecule has 2 atom stereocenters. The molecular formula is C13H12F5N3OS. The van der Waals surface area contributed by atoms with Crippen molar-refractivity contribution in [2.45, 2.75) is 31.7 Å². The number of aliphatic hydroxyl groups excluding tert-OH is 1. The number of anilines is 1. The fraction of sp³-hybridized carbons (Fsp3) is 0.385. The summed E-state index contributed by atoms with van der Waals surface area (Å²) in [5.41, 5.74) is 0.233. The Kier molecular flexibility index (Phi) is 5.15. The normalized spacial score (nSPS) is 14.6. The summed E-state index contributed by atoms with van der Waals surface area (Å²) in [7, 11) is 0. The molecule has 0 aliphatic heterocycles. The third-order valence-corrected chi connectivity index (χ3v) is 3.86. The number of hydrogen-bond donors (Lipinski definition) is 2. The van der Waals surface area contributed by atoms with Crippen LogP contribution in [0.3, 0.4) is 0 Å². The Bertz CT molecular complexity index is 656. The van der Waals surface area contributed by atoms with Gasteiger partial charge >= 0.3 is 6.18 Å². The molecule has 2 aromatic rings. The van der Waals surface area contributed by atoms with E-state index in [1.807, 2.05) is 0 Å². The van der Waals surface area contributed by atoms with Gasteiger partial charge in [0.2, 0.25) is 10.1 Å². The smallest absolute Gasteiger partial charge is 0.391 e. The summed E-state index contributed by atoms with van der Waals surface area (Å²) in [6.45, 7) is 1.51. The van der Waals surface area contributed by atoms with Crippen LogP contribution in [-0.2, 0) is 12.6 Å². The van der Waals surface area contributed by atoms with Crippen molar-refractivity contribution in [3.05, 3.63) is 40.4 Å². The molecule has 2 N–H and O–H groups in total. The highest BCUT2D eigenvalue weighted by atomic mass is 32.1. The molecule has 0 fully saturated rings. The monoisotopic (exact) mass is 353 g/mol. The Morgan fingerprint density at radius 2 is 1.78 bits per heavy atom. The van der Waals surface area contributed by atoms with Crippen LogP contribution in [0.2, 0.25) is 0 Å². The Labute approximate surface area is 132 Å². The maximum atomic E-state index is 13.1. The Morgan fingerprint density at radius 1 is 1.17 bits per heavy atom. The molecule has 23 heavy (non-hydrogen) atoms. The van der Waals surface area contributed by atoms with Crippen LogP contribution < -0.4 is 5.32 Å². The average molecular weight is 353 g/mol. The first-order valence-electron chi connectivity index (χ1n) is 6.45. The molecule has 2 rings (SSSR count). The lowest BCUT2D eigenvalue weighted by molar-refractivity contribution is -0.138. The van der Waals surface area contributed by atoms with Gasteiger partial charge in [-0.1, -0.05) is 11.3 Å². The van der Waals surface area contributed by atoms with Crippen LogP contribution in [0.15, 0.2) is 18.2 Å². The zero-order valence-corrected chi connectivity index (χ0v) is 12.6. The van der Waals surface area contributed by atoms with Crippen LogP contribution in [0, 0.1) is 11.6 Å². The van der Waals surface area contributed by atoms with Gasteiger partial charge in [-0.2, -0.15) is 13.2 Å². The van der Waals surface area contributed by atoms with Crippen molar-refractivity contribution in [1.29, 1.82) is 0 Å². The maximum Gasteiger partial charge on any atom is 0.445 e. The number of halogens is 5. The van der Waals surface area contributed by atoms with Crippen molar-refractivity contribution in [2.24, 2.45) is 0 Å². The van der Waals surface area contributed by atoms with Gasteiger partial charge in [-0.3, -0.25) is 0 Å². The molecule has 0 saturated heterocycles. The molecule has 2 unspecified atom stereocenters. The first-order chi connectivity index (χ1) is 10.6. The fourth-order valence-electron chi connectivity index (χ4n) is 1.83. The van der Waals surface area contributed by atoms with Crippen molar-refractivity contribution in [3.63, 3.8) is 0 Å². The maximum absolute atomic E-state index is 13.1. The quantitative estimate of drug-likeness (QED) is 0.811. The molecule has 10 heteroatoms. The summed E-state index contributed by atoms with van der Waals surface area (Å²) in [5, 5.41) is 17.7. The van der Waals surface area contributed by atoms with Crippen LogP contribution >= 0.6 is 11.3 Å². The van der Waals surface area contributed by atoms with E-state index in [-0.39, 0.29) is 17.1 Å². The minimum absolute atomic E-state index is 0.0756. The molecular weight excluding hydrogens is 341 g/mol. The standard InChI is InChI=1S/C13H12F5N3OS/c1-6(19-12-21-20-11(23-12)13(16,17)18)10(22)4-7-2-8(14)5-9(15)3-7/h2-3,5-6,10,22H,4H2,1H3,(H,19,21). The van der Waals surface area contributed by atoms with Crippen LogP contribution in [0.5, 0.6) is 0 Å². The highest BCUT2D eigenvalue weighted by molar-refractivity contribution is 7.15. The first kappa shape index (κ1) is 17.5. The van der Waals surface area contributed by atoms with Crippen LogP contribution in [-0.4, -0.2) is 27.4 Å². The summed E-state index contributed by atoms with van der Waals surface area (Å²) in [5.74, 6) is -1.54. The highest BCUT2D eigenvalue weighted by Gasteiger charge is 2.35. The zero-order valence-electron chi connectivity index (χ0n) is 11.7. The number of aliphatic hydroxyl groups is 1. The molecule has 0 saturated carbocycles. The molecule has 1 aromatic heterocycles. The number of benzene rings is 1. The highest BCUT2D eigenvalue weighted by Crippen LogP contribution is 2.33. The Hall–Kier alpha value is -1.81. The lowest BCUT2D eigenvalue weighted by Gasteiger charge is -2.19. The molecule has 0 aliphatic carbocycles. The fourth-order valence-corrected chi connectivity index (χ4v) is 2.54. The Balaban J connectivity index is 1.99. The minimum Gasteiger partial charge on any atom is -0.391 e. The molecule has 126 valence electrons. The largest absolute Gasteiger partial charge is 0.445 e. The number of alkyl halides is 3. The Morgan fingerprint density at radius 3 is 2.30 bits per heavy atom. The van der Waals surface area contributed by atoms with Gasteiger partial charge in [0.15, 0.2) is 0 Å². The van der Waals surface area contributed by atoms with Gasteiger partial charge in [0, 0.05) is 12.5 Å². The summed E-state index contributed by atoms with van der Waals surface area (Å²) >= 11 is 0.307. The van der Waals surface area contributed by atoms with Gasteiger partial charge in [0.1, 0.15) is 11.6 Å². The molecule has 0 bridgehead atoms. The third-order valence-electron chi connectivity index (χ3n) is 2.96. The zero-order chi connectivity index (χ0) is 17.2. The van der Waals surface area contributed by atoms with E-state index >= 15 is 0 Å². The van der Waals surface area contributed by atoms with E-state index < -0.39 is 35.0 Å². The lowest BCUT2D eigenvalue weighted by Crippen LogP contribution is -2.32. The average Bonchev–Trinajstić information content (AvgIpc) is 2.85. The van der Waals surface area contributed by atoms with Gasteiger partial charge in [-0.25, -0.2) is 8.78 Å². The van der Waals surface area contributed by atoms with Crippen molar-refractivity contribution in [1.82, 2.24) is 10.2 Å². The molecule has 0 spiro atoms. The summed E-state index contributed by atoms with van der Waals surface area (Å²) in [4.78, 5) is 0. The van der Waals surface area contributed by atoms with Crippen molar-refractivity contribution in [2.75, 3.05) is 5.32 Å². The van der Waals surface area contributed by atoms with Gasteiger partial charge in [-0.15, -0.1) is 10.2 Å². The van der Waals surface area contributed by atoms with E-state index in [2.05, 4.69) is 15.5 Å². The minimum atomic E-state index is -4.58. The first-order valence-corrected chi connectivity index (χ1v) is 7.27. The van der Waals surface area contributed by atoms with Gasteiger partial charge in [0.25, 0.3) is 0 Å². The molecule has 4 nitrogen and oxygen atoms in total. The van der Waals surface area contributed by atoms with E-state index in [1.54, 1.807) is 0 Å². The van der Waals surface area contributed by atoms with Crippen molar-refractivity contribution < 1.29 is 27.1 Å². The number of nitrogens with zero attached hydrogens (tertiary/aromatic N) is 2. The predicted molar refractivity (Wildman–Crippen MR) is 74.1 cm³/mol. The van der Waals surface area contributed by atoms with E-state index in [0.29, 0.717) is 17.4 Å².